The van der Waals surface area contributed by atoms with Gasteiger partial charge in [-0.2, -0.15) is 0 Å². The van der Waals surface area contributed by atoms with Gasteiger partial charge in [0.25, 0.3) is 0 Å². The highest BCUT2D eigenvalue weighted by atomic mass is 16.5. The summed E-state index contributed by atoms with van der Waals surface area (Å²) in [5.41, 5.74) is 35.2. The minimum absolute atomic E-state index is 0.00683. The van der Waals surface area contributed by atoms with Crippen LogP contribution in [0.5, 0.6) is 34.5 Å². The third-order valence-electron chi connectivity index (χ3n) is 44.2. The van der Waals surface area contributed by atoms with Gasteiger partial charge in [-0.3, -0.25) is 9.80 Å². The Bertz CT molecular complexity index is 5640. The molecule has 0 unspecified atom stereocenters. The zero-order valence-corrected chi connectivity index (χ0v) is 102. The average molecular weight is 1900 g/mol. The molecule has 0 aliphatic carbocycles. The van der Waals surface area contributed by atoms with Crippen LogP contribution in [0.1, 0.15) is 435 Å². The Hall–Kier alpha value is -6.88. The maximum atomic E-state index is 7.78. The summed E-state index contributed by atoms with van der Waals surface area (Å²) in [6, 6.07) is 0. The van der Waals surface area contributed by atoms with Crippen LogP contribution in [0.4, 0.5) is 0 Å². The molecular formula is C128H204N4O6. The summed E-state index contributed by atoms with van der Waals surface area (Å²) in [4.78, 5) is 5.79. The van der Waals surface area contributed by atoms with E-state index in [-0.39, 0.29) is 76.3 Å². The molecule has 772 valence electrons. The number of rotatable bonds is 18. The summed E-state index contributed by atoms with van der Waals surface area (Å²) in [7, 11) is 7.27. The molecule has 0 N–H and O–H groups in total. The molecule has 10 heteroatoms. The number of methoxy groups -OCH3 is 4. The number of hydrogen-bond acceptors (Lipinski definition) is 8. The van der Waals surface area contributed by atoms with Gasteiger partial charge in [0.15, 0.2) is 0 Å². The first-order valence-electron chi connectivity index (χ1n) is 52.4. The lowest BCUT2D eigenvalue weighted by atomic mass is 9.43. The average Bonchev–Trinajstić information content (AvgIpc) is 1.51. The van der Waals surface area contributed by atoms with Gasteiger partial charge in [-0.05, 0) is 478 Å². The first-order valence-corrected chi connectivity index (χ1v) is 52.4. The van der Waals surface area contributed by atoms with E-state index in [1.807, 2.05) is 14.2 Å². The van der Waals surface area contributed by atoms with Crippen LogP contribution in [0, 0.1) is 196 Å². The maximum absolute atomic E-state index is 7.78. The Labute approximate surface area is 846 Å². The van der Waals surface area contributed by atoms with Crippen molar-refractivity contribution in [2.24, 2.45) is 43.3 Å². The monoisotopic (exact) mass is 1890 g/mol. The molecule has 10 rings (SSSR count). The van der Waals surface area contributed by atoms with E-state index in [0.717, 1.165) is 34.5 Å². The van der Waals surface area contributed by atoms with Crippen LogP contribution in [0.15, 0.2) is 0 Å². The van der Waals surface area contributed by atoms with Crippen LogP contribution in [0.2, 0.25) is 0 Å². The van der Waals surface area contributed by atoms with Crippen molar-refractivity contribution >= 4 is 21.8 Å². The van der Waals surface area contributed by atoms with E-state index in [1.54, 1.807) is 14.2 Å². The smallest absolute Gasteiger partial charge is 0.126 e. The highest BCUT2D eigenvalue weighted by molar-refractivity contribution is 6.03. The van der Waals surface area contributed by atoms with Crippen molar-refractivity contribution in [1.29, 1.82) is 0 Å². The largest absolute Gasteiger partial charge is 0.496 e. The van der Waals surface area contributed by atoms with E-state index < -0.39 is 33.4 Å². The number of benzene rings is 6. The fraction of sp³-hybridized carbons (Fsp3) is 0.688. The standard InChI is InChI=1S/2C64H102N2O3/c2*1-35-40(6)52(67-33)41(7)36(2)46(35)51-49(55(12,13)14)47-45(11)53(68-34)44(10)39(5)50(47)65(51)56(15,16)48-37(3)42(8)54(43(9)38(48)4)69-64(31,32)63(29,30)66-61(25,26)59(21,22)57(17,18)58(19,20)60(23,24)62(66,27)28/h2*1-34H3. The second-order valence-corrected chi connectivity index (χ2v) is 55.5. The summed E-state index contributed by atoms with van der Waals surface area (Å²) >= 11 is 0. The second kappa shape index (κ2) is 34.4. The molecule has 0 saturated carbocycles. The third-order valence-corrected chi connectivity index (χ3v) is 44.2. The molecule has 6 aromatic carbocycles. The fourth-order valence-corrected chi connectivity index (χ4v) is 29.3. The van der Waals surface area contributed by atoms with Gasteiger partial charge in [-0.15, -0.1) is 0 Å². The first-order chi connectivity index (χ1) is 61.5. The molecule has 0 spiro atoms. The molecule has 2 fully saturated rings. The Balaban J connectivity index is 0.000000309. The van der Waals surface area contributed by atoms with Crippen molar-refractivity contribution in [3.63, 3.8) is 0 Å². The van der Waals surface area contributed by atoms with Gasteiger partial charge in [0.1, 0.15) is 45.7 Å². The van der Waals surface area contributed by atoms with Crippen LogP contribution in [0.25, 0.3) is 44.3 Å². The van der Waals surface area contributed by atoms with Gasteiger partial charge >= 0.3 is 0 Å². The SMILES string of the molecule is COc1c(C)c(C)c(-c2c(C(C)(C)C)c3c(C)c(OC)c(C)c(C)c3n2C(C)(C)c2c(C)c(C)c(OC(C)(C)C(C)(C)N3C(C)(C)C(C)(C)C(C)(C)C(C)(C)C(C)(C)C3(C)C)c(C)c2C)c(C)c1C.COc1c(C)c(C)c(-c2c(C(C)(C)C)c3c(C)c(OC)c(C)c(C)c3n2C(C)(C)c2c(C)c(C)c(OC(C)(C)C(C)(C)N3C(C)(C)C(C)(C)C(C)(C)C(C)(C)C(C)(C)C3(C)C)c(C)c2C)c(C)c1C. The molecule has 4 heterocycles. The molecule has 2 aliphatic heterocycles. The minimum Gasteiger partial charge on any atom is -0.496 e. The number of hydrogen-bond donors (Lipinski definition) is 0. The Morgan fingerprint density at radius 3 is 0.551 bits per heavy atom. The van der Waals surface area contributed by atoms with Crippen molar-refractivity contribution in [2.75, 3.05) is 28.4 Å². The quantitative estimate of drug-likeness (QED) is 0.0842. The van der Waals surface area contributed by atoms with E-state index >= 15 is 0 Å². The van der Waals surface area contributed by atoms with Crippen molar-refractivity contribution in [2.45, 2.75) is 509 Å². The summed E-state index contributed by atoms with van der Waals surface area (Å²) < 4.78 is 45.8. The molecule has 10 nitrogen and oxygen atoms in total. The van der Waals surface area contributed by atoms with E-state index in [0.29, 0.717) is 0 Å². The molecule has 8 aromatic rings. The second-order valence-electron chi connectivity index (χ2n) is 55.5. The van der Waals surface area contributed by atoms with Gasteiger partial charge in [-0.25, -0.2) is 0 Å². The van der Waals surface area contributed by atoms with Crippen LogP contribution < -0.4 is 28.4 Å². The number of ether oxygens (including phenoxy) is 6. The first kappa shape index (κ1) is 115. The van der Waals surface area contributed by atoms with E-state index in [4.69, 9.17) is 28.4 Å². The summed E-state index contributed by atoms with van der Waals surface area (Å²) in [5, 5.41) is 2.58. The predicted molar refractivity (Wildman–Crippen MR) is 600 cm³/mol. The molecule has 2 saturated heterocycles. The van der Waals surface area contributed by atoms with Crippen molar-refractivity contribution in [3.05, 3.63) is 145 Å². The van der Waals surface area contributed by atoms with E-state index in [2.05, 4.69) is 462 Å². The number of fused-ring (bicyclic) bond motifs is 2. The zero-order chi connectivity index (χ0) is 108. The summed E-state index contributed by atoms with van der Waals surface area (Å²) in [6.45, 7) is 154. The Morgan fingerprint density at radius 1 is 0.196 bits per heavy atom. The lowest BCUT2D eigenvalue weighted by molar-refractivity contribution is -0.189. The van der Waals surface area contributed by atoms with Crippen LogP contribution in [-0.2, 0) is 21.9 Å². The van der Waals surface area contributed by atoms with Crippen LogP contribution in [0.3, 0.4) is 0 Å². The highest BCUT2D eigenvalue weighted by Crippen LogP contribution is 2.74. The normalized spacial score (nSPS) is 19.2. The molecule has 0 atom stereocenters. The molecule has 0 radical (unpaired) electrons. The van der Waals surface area contributed by atoms with Crippen molar-refractivity contribution < 1.29 is 28.4 Å². The molecule has 2 aliphatic rings. The Morgan fingerprint density at radius 2 is 0.370 bits per heavy atom. The van der Waals surface area contributed by atoms with Gasteiger partial charge in [-0.1, -0.05) is 152 Å². The molecule has 2 aromatic heterocycles. The molecule has 0 bridgehead atoms. The molecular weight excluding hydrogens is 1690 g/mol. The highest BCUT2D eigenvalue weighted by Gasteiger charge is 2.74. The summed E-state index contributed by atoms with van der Waals surface area (Å²) in [5.74, 6) is 5.89. The molecule has 138 heavy (non-hydrogen) atoms. The number of nitrogens with zero attached hydrogens (tertiary/aromatic N) is 4. The number of likely N-dealkylation sites (tertiary alicyclic amines) is 2. The van der Waals surface area contributed by atoms with E-state index in [9.17, 15) is 0 Å². The van der Waals surface area contributed by atoms with Gasteiger partial charge in [0.05, 0.1) is 73.0 Å². The van der Waals surface area contributed by atoms with E-state index in [1.165, 1.54) is 189 Å². The van der Waals surface area contributed by atoms with Crippen molar-refractivity contribution in [1.82, 2.24) is 18.9 Å². The third kappa shape index (κ3) is 15.1. The number of aryl methyl sites for hydroxylation is 4. The van der Waals surface area contributed by atoms with Crippen LogP contribution in [-0.4, -0.2) is 91.8 Å². The molecule has 0 amide bonds. The van der Waals surface area contributed by atoms with Crippen molar-refractivity contribution in [3.8, 4) is 57.0 Å². The maximum Gasteiger partial charge on any atom is 0.126 e. The summed E-state index contributed by atoms with van der Waals surface area (Å²) in [6.07, 6.45) is 0. The van der Waals surface area contributed by atoms with Gasteiger partial charge < -0.3 is 37.6 Å². The minimum atomic E-state index is -0.618. The number of aromatic nitrogens is 2. The Kier molecular flexibility index (Phi) is 28.6. The zero-order valence-electron chi connectivity index (χ0n) is 102. The van der Waals surface area contributed by atoms with Crippen LogP contribution >= 0.6 is 0 Å². The lowest BCUT2D eigenvalue weighted by Crippen LogP contribution is -2.76. The fourth-order valence-electron chi connectivity index (χ4n) is 29.3. The van der Waals surface area contributed by atoms with Gasteiger partial charge in [0, 0.05) is 55.2 Å². The topological polar surface area (TPSA) is 71.7 Å². The lowest BCUT2D eigenvalue weighted by Gasteiger charge is -2.66. The van der Waals surface area contributed by atoms with Gasteiger partial charge in [0.2, 0.25) is 0 Å². The predicted octanol–water partition coefficient (Wildman–Crippen LogP) is 35.4.